The zero-order valence-electron chi connectivity index (χ0n) is 12.0. The fraction of sp³-hybridized carbons (Fsp3) is 0.556. The molecule has 12 heteroatoms. The third-order valence-corrected chi connectivity index (χ3v) is 2.70. The molecule has 0 saturated carbocycles. The fourth-order valence-electron chi connectivity index (χ4n) is 1.32. The molecule has 0 aliphatic heterocycles. The molecule has 8 nitrogen and oxygen atoms in total. The second-order valence-electron chi connectivity index (χ2n) is 3.91. The van der Waals surface area contributed by atoms with Crippen molar-refractivity contribution < 1.29 is 61.2 Å². The average Bonchev–Trinajstić information content (AvgIpc) is 2.29. The molecule has 1 atom stereocenters. The second-order valence-corrected chi connectivity index (χ2v) is 5.39. The molecule has 0 unspecified atom stereocenters. The molecule has 0 radical (unpaired) electrons. The first-order chi connectivity index (χ1) is 8.73. The molecule has 0 spiro atoms. The molecule has 1 N–H and O–H groups in total. The van der Waals surface area contributed by atoms with E-state index in [0.717, 1.165) is 4.57 Å². The zero-order valence-corrected chi connectivity index (χ0v) is 12.9. The van der Waals surface area contributed by atoms with E-state index in [9.17, 15) is 28.3 Å². The minimum Gasteiger partial charge on any atom is -0.809 e. The van der Waals surface area contributed by atoms with Gasteiger partial charge in [0, 0.05) is 11.8 Å². The van der Waals surface area contributed by atoms with Crippen LogP contribution in [0.3, 0.4) is 0 Å². The van der Waals surface area contributed by atoms with Gasteiger partial charge in [-0.15, -0.1) is 0 Å². The molecule has 108 valence electrons. The Morgan fingerprint density at radius 1 is 1.43 bits per heavy atom. The number of rotatable bonds is 6. The van der Waals surface area contributed by atoms with Crippen molar-refractivity contribution in [3.05, 3.63) is 32.6 Å². The Balaban J connectivity index is 0. The summed E-state index contributed by atoms with van der Waals surface area (Å²) in [6, 6.07) is 0. The van der Waals surface area contributed by atoms with E-state index in [1.54, 1.807) is 0 Å². The van der Waals surface area contributed by atoms with E-state index in [0.29, 0.717) is 0 Å². The van der Waals surface area contributed by atoms with Crippen LogP contribution in [0.2, 0.25) is 0 Å². The van der Waals surface area contributed by atoms with Crippen LogP contribution in [0.4, 0.5) is 4.39 Å². The van der Waals surface area contributed by atoms with Gasteiger partial charge in [0.1, 0.15) is 12.8 Å². The van der Waals surface area contributed by atoms with E-state index in [1.807, 2.05) is 4.98 Å². The quantitative estimate of drug-likeness (QED) is 0.411. The Morgan fingerprint density at radius 3 is 2.48 bits per heavy atom. The van der Waals surface area contributed by atoms with Crippen LogP contribution in [0, 0.1) is 6.92 Å². The predicted octanol–water partition coefficient (Wildman–Crippen LogP) is -7.92. The molecule has 0 aliphatic rings. The van der Waals surface area contributed by atoms with Crippen molar-refractivity contribution in [1.29, 1.82) is 0 Å². The Kier molecular flexibility index (Phi) is 10.9. The summed E-state index contributed by atoms with van der Waals surface area (Å²) in [4.78, 5) is 45.3. The maximum atomic E-state index is 12.6. The molecule has 1 rings (SSSR count). The van der Waals surface area contributed by atoms with Gasteiger partial charge in [-0.1, -0.05) is 0 Å². The molecule has 1 aromatic rings. The number of nitrogens with zero attached hydrogens (tertiary/aromatic N) is 1. The normalized spacial score (nSPS) is 12.2. The minimum atomic E-state index is -4.90. The number of ether oxygens (including phenoxy) is 1. The van der Waals surface area contributed by atoms with Gasteiger partial charge in [-0.3, -0.25) is 14.3 Å². The maximum Gasteiger partial charge on any atom is 1.00 e. The Labute approximate surface area is 143 Å². The van der Waals surface area contributed by atoms with Gasteiger partial charge in [-0.2, -0.15) is 0 Å². The van der Waals surface area contributed by atoms with Gasteiger partial charge in [0.25, 0.3) is 5.56 Å². The number of alkyl halides is 1. The number of aromatic nitrogens is 2. The number of halogens is 1. The number of nitrogens with one attached hydrogen (secondary N) is 1. The van der Waals surface area contributed by atoms with Crippen LogP contribution in [0.1, 0.15) is 5.56 Å². The SMILES string of the molecule is Cc1cn(C[C@H](CF)OCP(=O)([O-])[O-])c(=O)[nH]c1=O.[Li+].[Li+]. The van der Waals surface area contributed by atoms with Crippen molar-refractivity contribution in [3.8, 4) is 0 Å². The Morgan fingerprint density at radius 2 is 2.00 bits per heavy atom. The summed E-state index contributed by atoms with van der Waals surface area (Å²) < 4.78 is 28.5. The summed E-state index contributed by atoms with van der Waals surface area (Å²) in [6.07, 6.45) is -1.22. The molecular formula is C9H12FLi2N2O6P. The molecule has 0 amide bonds. The largest absolute Gasteiger partial charge is 1.00 e. The number of aromatic amines is 1. The first kappa shape index (κ1) is 23.2. The van der Waals surface area contributed by atoms with Gasteiger partial charge in [0.2, 0.25) is 0 Å². The van der Waals surface area contributed by atoms with Crippen molar-refractivity contribution in [2.45, 2.75) is 19.6 Å². The van der Waals surface area contributed by atoms with Crippen LogP contribution < -0.4 is 58.8 Å². The number of aryl methyl sites for hydroxylation is 1. The van der Waals surface area contributed by atoms with E-state index in [2.05, 4.69) is 4.74 Å². The maximum absolute atomic E-state index is 12.6. The summed E-state index contributed by atoms with van der Waals surface area (Å²) >= 11 is 0. The van der Waals surface area contributed by atoms with E-state index >= 15 is 0 Å². The topological polar surface area (TPSA) is 127 Å². The number of H-pyrrole nitrogens is 1. The van der Waals surface area contributed by atoms with Crippen LogP contribution in [0.15, 0.2) is 15.8 Å². The van der Waals surface area contributed by atoms with Gasteiger partial charge >= 0.3 is 43.4 Å². The van der Waals surface area contributed by atoms with Crippen molar-refractivity contribution in [1.82, 2.24) is 9.55 Å². The van der Waals surface area contributed by atoms with Gasteiger partial charge in [0.05, 0.1) is 12.9 Å². The summed E-state index contributed by atoms with van der Waals surface area (Å²) in [5.41, 5.74) is -1.11. The van der Waals surface area contributed by atoms with Gasteiger partial charge < -0.3 is 19.1 Å². The third-order valence-electron chi connectivity index (χ3n) is 2.23. The van der Waals surface area contributed by atoms with Gasteiger partial charge in [-0.05, 0) is 14.5 Å². The number of hydrogen-bond donors (Lipinski definition) is 1. The third kappa shape index (κ3) is 8.20. The molecule has 21 heavy (non-hydrogen) atoms. The number of hydrogen-bond acceptors (Lipinski definition) is 6. The minimum absolute atomic E-state index is 0. The Bertz CT molecular complexity index is 601. The van der Waals surface area contributed by atoms with E-state index in [-0.39, 0.29) is 49.8 Å². The molecular weight excluding hydrogens is 296 g/mol. The monoisotopic (exact) mass is 308 g/mol. The van der Waals surface area contributed by atoms with Crippen LogP contribution >= 0.6 is 7.60 Å². The first-order valence-electron chi connectivity index (χ1n) is 5.22. The molecule has 0 aliphatic carbocycles. The van der Waals surface area contributed by atoms with Crippen molar-refractivity contribution in [3.63, 3.8) is 0 Å². The standard InChI is InChI=1S/C9H14FN2O6P.2Li/c1-6-3-12(9(14)11-8(6)13)4-7(2-10)18-5-19(15,16)17;;/h3,7H,2,4-5H2,1H3,(H,11,13,14)(H2,15,16,17);;/q;2*+1/p-2/t7-;;/m0../s1. The fourth-order valence-corrected chi connectivity index (χ4v) is 1.71. The molecule has 0 fully saturated rings. The van der Waals surface area contributed by atoms with Crippen molar-refractivity contribution in [2.24, 2.45) is 0 Å². The summed E-state index contributed by atoms with van der Waals surface area (Å²) in [5.74, 6) is 0. The summed E-state index contributed by atoms with van der Waals surface area (Å²) in [7, 11) is -4.90. The van der Waals surface area contributed by atoms with Crippen LogP contribution in [-0.2, 0) is 15.8 Å². The summed E-state index contributed by atoms with van der Waals surface area (Å²) in [5, 5.41) is 0. The summed E-state index contributed by atoms with van der Waals surface area (Å²) in [6.45, 7) is 0.0567. The Hall–Kier alpha value is -0.0852. The van der Waals surface area contributed by atoms with E-state index in [1.165, 1.54) is 13.1 Å². The van der Waals surface area contributed by atoms with E-state index in [4.69, 9.17) is 0 Å². The zero-order chi connectivity index (χ0) is 14.6. The van der Waals surface area contributed by atoms with Crippen molar-refractivity contribution in [2.75, 3.05) is 13.0 Å². The molecule has 0 bridgehead atoms. The smallest absolute Gasteiger partial charge is 0.809 e. The molecule has 1 heterocycles. The van der Waals surface area contributed by atoms with E-state index < -0.39 is 38.0 Å². The second kappa shape index (κ2) is 9.84. The van der Waals surface area contributed by atoms with Gasteiger partial charge in [-0.25, -0.2) is 9.18 Å². The van der Waals surface area contributed by atoms with Crippen LogP contribution in [0.5, 0.6) is 0 Å². The van der Waals surface area contributed by atoms with Crippen LogP contribution in [0.25, 0.3) is 0 Å². The molecule has 1 aromatic heterocycles. The van der Waals surface area contributed by atoms with Crippen LogP contribution in [-0.4, -0.2) is 28.7 Å². The molecule has 0 saturated heterocycles. The molecule has 0 aromatic carbocycles. The van der Waals surface area contributed by atoms with Gasteiger partial charge in [0.15, 0.2) is 0 Å². The average molecular weight is 308 g/mol. The first-order valence-corrected chi connectivity index (χ1v) is 6.94. The van der Waals surface area contributed by atoms with Crippen molar-refractivity contribution >= 4 is 7.60 Å². The predicted molar refractivity (Wildman–Crippen MR) is 59.4 cm³/mol.